The number of hydrogen-bond donors (Lipinski definition) is 0. The van der Waals surface area contributed by atoms with E-state index in [0.29, 0.717) is 25.1 Å². The molecule has 21 heavy (non-hydrogen) atoms. The van der Waals surface area contributed by atoms with Crippen LogP contribution in [0.25, 0.3) is 0 Å². The van der Waals surface area contributed by atoms with E-state index >= 15 is 0 Å². The maximum atomic E-state index is 14.0. The van der Waals surface area contributed by atoms with Gasteiger partial charge in [-0.2, -0.15) is 4.39 Å². The van der Waals surface area contributed by atoms with Crippen molar-refractivity contribution in [1.29, 1.82) is 0 Å². The van der Waals surface area contributed by atoms with E-state index in [-0.39, 0.29) is 0 Å². The topological polar surface area (TPSA) is 63.5 Å². The van der Waals surface area contributed by atoms with Crippen LogP contribution in [0.15, 0.2) is 12.1 Å². The van der Waals surface area contributed by atoms with Crippen LogP contribution >= 0.6 is 0 Å². The van der Waals surface area contributed by atoms with Gasteiger partial charge in [-0.25, -0.2) is 4.39 Å². The van der Waals surface area contributed by atoms with Gasteiger partial charge in [0.25, 0.3) is 5.91 Å². The molecule has 1 heterocycles. The quantitative estimate of drug-likeness (QED) is 0.633. The number of rotatable bonds is 4. The number of nitro groups is 1. The molecule has 2 rings (SSSR count). The SMILES string of the molecule is CCCC1CCN(C(=O)c2cc(F)cc([N+](=O)[O-])c2F)C1. The van der Waals surface area contributed by atoms with Crippen LogP contribution in [0.2, 0.25) is 0 Å². The average molecular weight is 298 g/mol. The molecule has 5 nitrogen and oxygen atoms in total. The second kappa shape index (κ2) is 6.15. The van der Waals surface area contributed by atoms with Crippen LogP contribution in [0.4, 0.5) is 14.5 Å². The molecule has 0 saturated carbocycles. The van der Waals surface area contributed by atoms with Gasteiger partial charge in [-0.05, 0) is 24.8 Å². The molecule has 7 heteroatoms. The second-order valence-electron chi connectivity index (χ2n) is 5.24. The minimum atomic E-state index is -1.27. The van der Waals surface area contributed by atoms with Gasteiger partial charge in [0.1, 0.15) is 5.82 Å². The number of benzene rings is 1. The molecule has 0 radical (unpaired) electrons. The molecule has 1 saturated heterocycles. The lowest BCUT2D eigenvalue weighted by molar-refractivity contribution is -0.387. The lowest BCUT2D eigenvalue weighted by atomic mass is 10.0. The van der Waals surface area contributed by atoms with Crippen molar-refractivity contribution in [2.45, 2.75) is 26.2 Å². The lowest BCUT2D eigenvalue weighted by Gasteiger charge is -2.17. The maximum Gasteiger partial charge on any atom is 0.308 e. The highest BCUT2D eigenvalue weighted by molar-refractivity contribution is 5.95. The summed E-state index contributed by atoms with van der Waals surface area (Å²) < 4.78 is 27.4. The minimum absolute atomic E-state index is 0.352. The number of likely N-dealkylation sites (tertiary alicyclic amines) is 1. The molecule has 0 aliphatic carbocycles. The Bertz CT molecular complexity index is 578. The fourth-order valence-electron chi connectivity index (χ4n) is 2.69. The zero-order valence-corrected chi connectivity index (χ0v) is 11.6. The first-order valence-corrected chi connectivity index (χ1v) is 6.86. The largest absolute Gasteiger partial charge is 0.338 e. The van der Waals surface area contributed by atoms with Crippen molar-refractivity contribution < 1.29 is 18.5 Å². The number of carbonyl (C=O) groups excluding carboxylic acids is 1. The van der Waals surface area contributed by atoms with Gasteiger partial charge in [0.15, 0.2) is 0 Å². The van der Waals surface area contributed by atoms with Crippen LogP contribution < -0.4 is 0 Å². The normalized spacial score (nSPS) is 18.0. The average Bonchev–Trinajstić information content (AvgIpc) is 2.89. The maximum absolute atomic E-state index is 14.0. The third-order valence-electron chi connectivity index (χ3n) is 3.72. The monoisotopic (exact) mass is 298 g/mol. The van der Waals surface area contributed by atoms with Gasteiger partial charge < -0.3 is 4.90 Å². The molecule has 1 unspecified atom stereocenters. The van der Waals surface area contributed by atoms with Gasteiger partial charge in [0.05, 0.1) is 16.6 Å². The zero-order chi connectivity index (χ0) is 15.6. The first-order chi connectivity index (χ1) is 9.93. The Labute approximate surface area is 120 Å². The minimum Gasteiger partial charge on any atom is -0.338 e. The van der Waals surface area contributed by atoms with Crippen molar-refractivity contribution in [3.05, 3.63) is 39.4 Å². The molecule has 1 atom stereocenters. The molecule has 1 aliphatic rings. The molecule has 1 aromatic rings. The van der Waals surface area contributed by atoms with Crippen LogP contribution in [-0.2, 0) is 0 Å². The van der Waals surface area contributed by atoms with Gasteiger partial charge in [-0.1, -0.05) is 13.3 Å². The standard InChI is InChI=1S/C14H16F2N2O3/c1-2-3-9-4-5-17(8-9)14(19)11-6-10(15)7-12(13(11)16)18(20)21/h6-7,9H,2-5,8H2,1H3. The predicted molar refractivity (Wildman–Crippen MR) is 71.9 cm³/mol. The highest BCUT2D eigenvalue weighted by Gasteiger charge is 2.31. The highest BCUT2D eigenvalue weighted by atomic mass is 19.1. The van der Waals surface area contributed by atoms with E-state index in [1.54, 1.807) is 0 Å². The molecule has 1 amide bonds. The number of carbonyl (C=O) groups is 1. The van der Waals surface area contributed by atoms with Crippen molar-refractivity contribution in [3.63, 3.8) is 0 Å². The zero-order valence-electron chi connectivity index (χ0n) is 11.6. The summed E-state index contributed by atoms with van der Waals surface area (Å²) in [5.41, 5.74) is -1.58. The van der Waals surface area contributed by atoms with E-state index in [2.05, 4.69) is 0 Å². The van der Waals surface area contributed by atoms with Crippen LogP contribution in [0, 0.1) is 27.7 Å². The van der Waals surface area contributed by atoms with Crippen molar-refractivity contribution in [1.82, 2.24) is 4.90 Å². The van der Waals surface area contributed by atoms with E-state index in [9.17, 15) is 23.7 Å². The Morgan fingerprint density at radius 2 is 2.19 bits per heavy atom. The Hall–Kier alpha value is -2.05. The summed E-state index contributed by atoms with van der Waals surface area (Å²) >= 11 is 0. The summed E-state index contributed by atoms with van der Waals surface area (Å²) in [7, 11) is 0. The molecule has 0 bridgehead atoms. The Morgan fingerprint density at radius 3 is 2.81 bits per heavy atom. The molecule has 0 aromatic heterocycles. The fourth-order valence-corrected chi connectivity index (χ4v) is 2.69. The molecule has 0 spiro atoms. The Balaban J connectivity index is 2.26. The van der Waals surface area contributed by atoms with Gasteiger partial charge in [-0.3, -0.25) is 14.9 Å². The smallest absolute Gasteiger partial charge is 0.308 e. The number of nitrogens with zero attached hydrogens (tertiary/aromatic N) is 2. The van der Waals surface area contributed by atoms with Crippen molar-refractivity contribution >= 4 is 11.6 Å². The summed E-state index contributed by atoms with van der Waals surface area (Å²) in [6.07, 6.45) is 2.78. The predicted octanol–water partition coefficient (Wildman–Crippen LogP) is 3.14. The first kappa shape index (κ1) is 15.3. The van der Waals surface area contributed by atoms with Crippen LogP contribution in [0.3, 0.4) is 0 Å². The number of halogens is 2. The number of hydrogen-bond acceptors (Lipinski definition) is 3. The Morgan fingerprint density at radius 1 is 1.48 bits per heavy atom. The van der Waals surface area contributed by atoms with E-state index in [0.717, 1.165) is 25.3 Å². The number of amides is 1. The van der Waals surface area contributed by atoms with Crippen LogP contribution in [-0.4, -0.2) is 28.8 Å². The van der Waals surface area contributed by atoms with Gasteiger partial charge in [0, 0.05) is 13.1 Å². The summed E-state index contributed by atoms with van der Waals surface area (Å²) in [6.45, 7) is 2.99. The highest BCUT2D eigenvalue weighted by Crippen LogP contribution is 2.27. The molecule has 1 fully saturated rings. The van der Waals surface area contributed by atoms with Crippen LogP contribution in [0.5, 0.6) is 0 Å². The molecule has 0 N–H and O–H groups in total. The Kier molecular flexibility index (Phi) is 4.50. The van der Waals surface area contributed by atoms with Gasteiger partial charge >= 0.3 is 5.69 Å². The molecule has 114 valence electrons. The van der Waals surface area contributed by atoms with E-state index in [1.807, 2.05) is 6.92 Å². The van der Waals surface area contributed by atoms with E-state index in [4.69, 9.17) is 0 Å². The van der Waals surface area contributed by atoms with Crippen molar-refractivity contribution in [3.8, 4) is 0 Å². The molecular formula is C14H16F2N2O3. The van der Waals surface area contributed by atoms with Crippen molar-refractivity contribution in [2.75, 3.05) is 13.1 Å². The second-order valence-corrected chi connectivity index (χ2v) is 5.24. The summed E-state index contributed by atoms with van der Waals surface area (Å²) in [4.78, 5) is 23.3. The van der Waals surface area contributed by atoms with E-state index in [1.165, 1.54) is 4.90 Å². The van der Waals surface area contributed by atoms with Crippen LogP contribution in [0.1, 0.15) is 36.5 Å². The third-order valence-corrected chi connectivity index (χ3v) is 3.72. The van der Waals surface area contributed by atoms with E-state index < -0.39 is 33.7 Å². The summed E-state index contributed by atoms with van der Waals surface area (Å²) in [5.74, 6) is -2.60. The first-order valence-electron chi connectivity index (χ1n) is 6.86. The van der Waals surface area contributed by atoms with Crippen molar-refractivity contribution in [2.24, 2.45) is 5.92 Å². The third kappa shape index (κ3) is 3.17. The lowest BCUT2D eigenvalue weighted by Crippen LogP contribution is -2.29. The van der Waals surface area contributed by atoms with Gasteiger partial charge in [-0.15, -0.1) is 0 Å². The molecule has 1 aliphatic heterocycles. The summed E-state index contributed by atoms with van der Waals surface area (Å²) in [5, 5.41) is 10.7. The summed E-state index contributed by atoms with van der Waals surface area (Å²) in [6, 6.07) is 1.20. The van der Waals surface area contributed by atoms with Gasteiger partial charge in [0.2, 0.25) is 5.82 Å². The number of nitro benzene ring substituents is 1. The fraction of sp³-hybridized carbons (Fsp3) is 0.500. The molecular weight excluding hydrogens is 282 g/mol. The molecule has 1 aromatic carbocycles.